The molecule has 8 heteroatoms. The van der Waals surface area contributed by atoms with E-state index in [1.165, 1.54) is 5.56 Å². The number of fused-ring (bicyclic) bond motifs is 1. The molecule has 0 unspecified atom stereocenters. The number of ether oxygens (including phenoxy) is 1. The van der Waals surface area contributed by atoms with Crippen molar-refractivity contribution >= 4 is 23.6 Å². The van der Waals surface area contributed by atoms with Crippen LogP contribution in [-0.4, -0.2) is 43.1 Å². The lowest BCUT2D eigenvalue weighted by Gasteiger charge is -2.30. The molecule has 1 aromatic carbocycles. The molecule has 0 bridgehead atoms. The predicted molar refractivity (Wildman–Crippen MR) is 107 cm³/mol. The van der Waals surface area contributed by atoms with Gasteiger partial charge in [-0.2, -0.15) is 0 Å². The van der Waals surface area contributed by atoms with E-state index in [2.05, 4.69) is 22.2 Å². The summed E-state index contributed by atoms with van der Waals surface area (Å²) in [5, 5.41) is 2.59. The highest BCUT2D eigenvalue weighted by atomic mass is 16.6. The van der Waals surface area contributed by atoms with Crippen LogP contribution in [-0.2, 0) is 20.7 Å². The molecule has 0 aromatic heterocycles. The van der Waals surface area contributed by atoms with Crippen molar-refractivity contribution in [3.63, 3.8) is 0 Å². The van der Waals surface area contributed by atoms with Gasteiger partial charge in [-0.3, -0.25) is 20.4 Å². The summed E-state index contributed by atoms with van der Waals surface area (Å²) in [6.45, 7) is 6.68. The van der Waals surface area contributed by atoms with E-state index in [9.17, 15) is 14.4 Å². The number of aryl methyl sites for hydroxylation is 1. The van der Waals surface area contributed by atoms with Crippen LogP contribution in [0, 0.1) is 0 Å². The zero-order chi connectivity index (χ0) is 20.6. The summed E-state index contributed by atoms with van der Waals surface area (Å²) in [5.74, 6) is -0.574. The van der Waals surface area contributed by atoms with E-state index in [-0.39, 0.29) is 24.8 Å². The van der Waals surface area contributed by atoms with E-state index in [0.29, 0.717) is 13.0 Å². The van der Waals surface area contributed by atoms with Gasteiger partial charge in [-0.25, -0.2) is 4.79 Å². The molecular formula is C20H30N4O4. The Bertz CT molecular complexity index is 700. The molecule has 1 aromatic rings. The molecular weight excluding hydrogens is 360 g/mol. The number of alkyl carbamates (subject to hydrolysis) is 1. The Morgan fingerprint density at radius 1 is 1.11 bits per heavy atom. The number of hydrazine groups is 1. The molecule has 0 radical (unpaired) electrons. The minimum Gasteiger partial charge on any atom is -0.444 e. The topological polar surface area (TPSA) is 99.8 Å². The molecule has 3 N–H and O–H groups in total. The fraction of sp³-hybridized carbons (Fsp3) is 0.550. The predicted octanol–water partition coefficient (Wildman–Crippen LogP) is 1.89. The summed E-state index contributed by atoms with van der Waals surface area (Å²) in [6.07, 6.45) is 2.13. The van der Waals surface area contributed by atoms with Crippen molar-refractivity contribution in [1.82, 2.24) is 16.2 Å². The van der Waals surface area contributed by atoms with Crippen LogP contribution in [0.2, 0.25) is 0 Å². The van der Waals surface area contributed by atoms with Crippen LogP contribution in [0.4, 0.5) is 10.5 Å². The highest BCUT2D eigenvalue weighted by Crippen LogP contribution is 2.26. The zero-order valence-corrected chi connectivity index (χ0v) is 16.8. The summed E-state index contributed by atoms with van der Waals surface area (Å²) in [6, 6.07) is 8.05. The number of carbonyl (C=O) groups excluding carboxylic acids is 3. The third-order valence-electron chi connectivity index (χ3n) is 4.13. The summed E-state index contributed by atoms with van der Waals surface area (Å²) >= 11 is 0. The van der Waals surface area contributed by atoms with Gasteiger partial charge in [0.25, 0.3) is 5.91 Å². The molecule has 1 heterocycles. The fourth-order valence-corrected chi connectivity index (χ4v) is 2.94. The van der Waals surface area contributed by atoms with Crippen LogP contribution in [0.1, 0.15) is 45.6 Å². The number of rotatable bonds is 6. The van der Waals surface area contributed by atoms with Crippen molar-refractivity contribution in [2.75, 3.05) is 24.5 Å². The van der Waals surface area contributed by atoms with Gasteiger partial charge in [0.05, 0.1) is 6.54 Å². The van der Waals surface area contributed by atoms with Crippen LogP contribution in [0.5, 0.6) is 0 Å². The second-order valence-electron chi connectivity index (χ2n) is 7.78. The minimum atomic E-state index is -0.555. The van der Waals surface area contributed by atoms with Gasteiger partial charge < -0.3 is 15.0 Å². The number of nitrogens with zero attached hydrogens (tertiary/aromatic N) is 1. The van der Waals surface area contributed by atoms with Gasteiger partial charge in [-0.05, 0) is 51.7 Å². The highest BCUT2D eigenvalue weighted by Gasteiger charge is 2.19. The van der Waals surface area contributed by atoms with Crippen LogP contribution in [0.15, 0.2) is 24.3 Å². The van der Waals surface area contributed by atoms with E-state index in [0.717, 1.165) is 25.1 Å². The first-order valence-corrected chi connectivity index (χ1v) is 9.62. The molecule has 0 spiro atoms. The molecule has 0 atom stereocenters. The summed E-state index contributed by atoms with van der Waals surface area (Å²) in [5.41, 5.74) is 6.62. The zero-order valence-electron chi connectivity index (χ0n) is 16.8. The van der Waals surface area contributed by atoms with E-state index >= 15 is 0 Å². The molecule has 0 aliphatic carbocycles. The SMILES string of the molecule is CC(C)(C)OC(=O)NCCCC(=O)NNC(=O)CN1CCCc2ccccc21. The van der Waals surface area contributed by atoms with Gasteiger partial charge >= 0.3 is 6.09 Å². The number of hydrogen-bond donors (Lipinski definition) is 3. The monoisotopic (exact) mass is 390 g/mol. The molecule has 28 heavy (non-hydrogen) atoms. The molecule has 0 saturated carbocycles. The first kappa shape index (κ1) is 21.5. The number of nitrogens with one attached hydrogen (secondary N) is 3. The quantitative estimate of drug-likeness (QED) is 0.509. The van der Waals surface area contributed by atoms with E-state index in [1.54, 1.807) is 20.8 Å². The fourth-order valence-electron chi connectivity index (χ4n) is 2.94. The summed E-state index contributed by atoms with van der Waals surface area (Å²) in [7, 11) is 0. The van der Waals surface area contributed by atoms with Crippen LogP contribution >= 0.6 is 0 Å². The lowest BCUT2D eigenvalue weighted by Crippen LogP contribution is -2.47. The standard InChI is InChI=1S/C20H30N4O4/c1-20(2,3)28-19(27)21-12-6-11-17(25)22-23-18(26)14-24-13-7-9-15-8-4-5-10-16(15)24/h4-5,8,10H,6-7,9,11-14H2,1-3H3,(H,21,27)(H,22,25)(H,23,26). The van der Waals surface area contributed by atoms with E-state index < -0.39 is 11.7 Å². The largest absolute Gasteiger partial charge is 0.444 e. The average Bonchev–Trinajstić information content (AvgIpc) is 2.62. The maximum Gasteiger partial charge on any atom is 0.407 e. The van der Waals surface area contributed by atoms with Crippen molar-refractivity contribution in [3.8, 4) is 0 Å². The van der Waals surface area contributed by atoms with Crippen LogP contribution in [0.3, 0.4) is 0 Å². The second-order valence-corrected chi connectivity index (χ2v) is 7.78. The van der Waals surface area contributed by atoms with Crippen molar-refractivity contribution in [3.05, 3.63) is 29.8 Å². The van der Waals surface area contributed by atoms with Crippen LogP contribution in [0.25, 0.3) is 0 Å². The smallest absolute Gasteiger partial charge is 0.407 e. The van der Waals surface area contributed by atoms with Crippen molar-refractivity contribution in [2.24, 2.45) is 0 Å². The normalized spacial score (nSPS) is 13.3. The second kappa shape index (κ2) is 9.96. The average molecular weight is 390 g/mol. The highest BCUT2D eigenvalue weighted by molar-refractivity contribution is 5.85. The van der Waals surface area contributed by atoms with Gasteiger partial charge in [-0.15, -0.1) is 0 Å². The van der Waals surface area contributed by atoms with Gasteiger partial charge in [0.15, 0.2) is 0 Å². The first-order chi connectivity index (χ1) is 13.2. The Hall–Kier alpha value is -2.77. The molecule has 1 aliphatic heterocycles. The third kappa shape index (κ3) is 7.46. The number of hydrogen-bond acceptors (Lipinski definition) is 5. The maximum atomic E-state index is 12.1. The lowest BCUT2D eigenvalue weighted by molar-refractivity contribution is -0.128. The van der Waals surface area contributed by atoms with Gasteiger partial charge in [0.1, 0.15) is 5.60 Å². The molecule has 1 aliphatic rings. The number of anilines is 1. The molecule has 154 valence electrons. The Balaban J connectivity index is 1.63. The molecule has 2 rings (SSSR count). The Labute approximate surface area is 166 Å². The van der Waals surface area contributed by atoms with Crippen molar-refractivity contribution in [2.45, 2.75) is 52.1 Å². The Morgan fingerprint density at radius 2 is 1.82 bits per heavy atom. The van der Waals surface area contributed by atoms with Crippen LogP contribution < -0.4 is 21.1 Å². The molecule has 0 fully saturated rings. The molecule has 0 saturated heterocycles. The number of carbonyl (C=O) groups is 3. The van der Waals surface area contributed by atoms with E-state index in [4.69, 9.17) is 4.74 Å². The maximum absolute atomic E-state index is 12.1. The first-order valence-electron chi connectivity index (χ1n) is 9.62. The van der Waals surface area contributed by atoms with Gasteiger partial charge in [0.2, 0.25) is 5.91 Å². The molecule has 3 amide bonds. The van der Waals surface area contributed by atoms with Gasteiger partial charge in [-0.1, -0.05) is 18.2 Å². The van der Waals surface area contributed by atoms with Gasteiger partial charge in [0, 0.05) is 25.2 Å². The third-order valence-corrected chi connectivity index (χ3v) is 4.13. The van der Waals surface area contributed by atoms with Crippen molar-refractivity contribution < 1.29 is 19.1 Å². The van der Waals surface area contributed by atoms with E-state index in [1.807, 2.05) is 23.1 Å². The minimum absolute atomic E-state index is 0.183. The molecule has 8 nitrogen and oxygen atoms in total. The lowest BCUT2D eigenvalue weighted by atomic mass is 10.0. The Kier molecular flexibility index (Phi) is 7.66. The number of benzene rings is 1. The van der Waals surface area contributed by atoms with Crippen molar-refractivity contribution in [1.29, 1.82) is 0 Å². The summed E-state index contributed by atoms with van der Waals surface area (Å²) < 4.78 is 5.11. The summed E-state index contributed by atoms with van der Waals surface area (Å²) in [4.78, 5) is 37.5. The number of amides is 3. The number of para-hydroxylation sites is 1. The Morgan fingerprint density at radius 3 is 2.57 bits per heavy atom.